The molecule has 0 aromatic carbocycles. The lowest BCUT2D eigenvalue weighted by molar-refractivity contribution is -0.0980. The maximum atomic E-state index is 12.4. The van der Waals surface area contributed by atoms with E-state index in [0.29, 0.717) is 22.5 Å². The molecule has 48 heavy (non-hydrogen) atoms. The van der Waals surface area contributed by atoms with Crippen molar-refractivity contribution in [2.75, 3.05) is 0 Å². The van der Waals surface area contributed by atoms with Gasteiger partial charge in [-0.15, -0.1) is 0 Å². The molecule has 0 radical (unpaired) electrons. The predicted octanol–water partition coefficient (Wildman–Crippen LogP) is 14.7. The summed E-state index contributed by atoms with van der Waals surface area (Å²) in [6.07, 6.45) is 17.6. The van der Waals surface area contributed by atoms with E-state index < -0.39 is 0 Å². The molecule has 2 aromatic heterocycles. The molecule has 0 N–H and O–H groups in total. The fourth-order valence-corrected chi connectivity index (χ4v) is 5.97. The molecule has 0 spiro atoms. The molecule has 4 rings (SSSR count). The first-order chi connectivity index (χ1) is 22.3. The van der Waals surface area contributed by atoms with Crippen LogP contribution in [-0.4, -0.2) is 17.6 Å². The number of hydrogen-bond acceptors (Lipinski definition) is 4. The molecule has 2 heterocycles. The summed E-state index contributed by atoms with van der Waals surface area (Å²) in [6, 6.07) is 4.08. The SMILES string of the molecule is C=O.CC.CC(C)C(=O)c1cc2nc(C3CCC(C)(C)CC3)cc(C(C)(C)C)c2o1.CC1CCCCC1.CCCC.CCCC(C)(C)C. The number of pyridine rings is 1. The normalized spacial score (nSPS) is 16.4. The summed E-state index contributed by atoms with van der Waals surface area (Å²) < 4.78 is 6.01. The molecular weight excluding hydrogens is 590 g/mol. The van der Waals surface area contributed by atoms with E-state index in [0.717, 1.165) is 22.6 Å². The van der Waals surface area contributed by atoms with Crippen LogP contribution in [0.5, 0.6) is 0 Å². The van der Waals surface area contributed by atoms with Crippen LogP contribution in [0.1, 0.15) is 222 Å². The lowest BCUT2D eigenvalue weighted by atomic mass is 9.72. The minimum Gasteiger partial charge on any atom is -0.451 e. The van der Waals surface area contributed by atoms with Crippen molar-refractivity contribution >= 4 is 23.7 Å². The Morgan fingerprint density at radius 3 is 1.71 bits per heavy atom. The van der Waals surface area contributed by atoms with Gasteiger partial charge in [-0.2, -0.15) is 0 Å². The fraction of sp³-hybridized carbons (Fsp3) is 0.795. The Hall–Kier alpha value is -1.97. The molecule has 0 aliphatic heterocycles. The smallest absolute Gasteiger partial charge is 0.200 e. The Morgan fingerprint density at radius 2 is 1.38 bits per heavy atom. The second-order valence-corrected chi connectivity index (χ2v) is 17.2. The first kappa shape index (κ1) is 48.1. The van der Waals surface area contributed by atoms with Crippen molar-refractivity contribution in [3.63, 3.8) is 0 Å². The maximum absolute atomic E-state index is 12.4. The van der Waals surface area contributed by atoms with E-state index in [-0.39, 0.29) is 17.1 Å². The van der Waals surface area contributed by atoms with Crippen LogP contribution in [0.3, 0.4) is 0 Å². The summed E-state index contributed by atoms with van der Waals surface area (Å²) in [4.78, 5) is 25.3. The van der Waals surface area contributed by atoms with Gasteiger partial charge in [-0.1, -0.05) is 162 Å². The lowest BCUT2D eigenvalue weighted by Crippen LogP contribution is -2.21. The Balaban J connectivity index is 0. The van der Waals surface area contributed by atoms with Crippen molar-refractivity contribution in [1.82, 2.24) is 4.98 Å². The van der Waals surface area contributed by atoms with E-state index in [1.807, 2.05) is 40.6 Å². The number of Topliss-reactive ketones (excluding diaryl/α,β-unsaturated/α-hetero) is 1. The number of carbonyl (C=O) groups is 2. The number of fused-ring (bicyclic) bond motifs is 1. The number of nitrogens with zero attached hydrogens (tertiary/aromatic N) is 1. The lowest BCUT2D eigenvalue weighted by Gasteiger charge is -2.34. The quantitative estimate of drug-likeness (QED) is 0.297. The molecule has 4 heteroatoms. The van der Waals surface area contributed by atoms with Crippen LogP contribution in [0.15, 0.2) is 16.5 Å². The minimum absolute atomic E-state index is 0.0452. The molecule has 2 fully saturated rings. The summed E-state index contributed by atoms with van der Waals surface area (Å²) in [5.41, 5.74) is 4.88. The van der Waals surface area contributed by atoms with Crippen LogP contribution in [0.4, 0.5) is 0 Å². The van der Waals surface area contributed by atoms with Crippen molar-refractivity contribution in [3.8, 4) is 0 Å². The minimum atomic E-state index is -0.0753. The second kappa shape index (κ2) is 24.2. The molecule has 2 aliphatic carbocycles. The van der Waals surface area contributed by atoms with E-state index in [4.69, 9.17) is 14.2 Å². The molecule has 2 saturated carbocycles. The Kier molecular flexibility index (Phi) is 24.3. The van der Waals surface area contributed by atoms with E-state index in [2.05, 4.69) is 89.2 Å². The van der Waals surface area contributed by atoms with Crippen molar-refractivity contribution in [3.05, 3.63) is 29.2 Å². The zero-order valence-electron chi connectivity index (χ0n) is 35.0. The van der Waals surface area contributed by atoms with Gasteiger partial charge in [0.15, 0.2) is 11.3 Å². The third-order valence-electron chi connectivity index (χ3n) is 9.23. The standard InChI is InChI=1S/C23H33NO2.C7H14.C7H16.C4H10.C2H6.CH2O/c1-14(2)20(25)19-13-18-21(26-19)16(22(3,4)5)12-17(24-18)15-8-10-23(6,7)11-9-15;1-7-5-3-2-4-6-7;1-5-6-7(2,3)4;1-3-4-2;2*1-2/h12-15H,8-11H2,1-7H3;7H,2-6H2,1H3;5-6H2,1-4H3;3-4H2,1-2H3;1-2H3;1H2. The van der Waals surface area contributed by atoms with Gasteiger partial charge in [0.1, 0.15) is 12.3 Å². The molecule has 2 aromatic rings. The van der Waals surface area contributed by atoms with Gasteiger partial charge in [0.05, 0.1) is 0 Å². The Labute approximate surface area is 299 Å². The van der Waals surface area contributed by atoms with Crippen LogP contribution in [-0.2, 0) is 10.2 Å². The van der Waals surface area contributed by atoms with Gasteiger partial charge < -0.3 is 9.21 Å². The average Bonchev–Trinajstić information content (AvgIpc) is 3.46. The molecule has 0 bridgehead atoms. The number of aromatic nitrogens is 1. The van der Waals surface area contributed by atoms with Crippen molar-refractivity contribution in [2.45, 2.75) is 206 Å². The number of carbonyl (C=O) groups excluding carboxylic acids is 2. The molecule has 0 unspecified atom stereocenters. The van der Waals surface area contributed by atoms with Crippen molar-refractivity contribution in [2.24, 2.45) is 22.7 Å². The second-order valence-electron chi connectivity index (χ2n) is 17.2. The molecular formula is C44H81NO3. The zero-order chi connectivity index (χ0) is 37.7. The summed E-state index contributed by atoms with van der Waals surface area (Å²) in [7, 11) is 0. The summed E-state index contributed by atoms with van der Waals surface area (Å²) in [5, 5.41) is 0. The van der Waals surface area contributed by atoms with Crippen LogP contribution < -0.4 is 0 Å². The highest BCUT2D eigenvalue weighted by molar-refractivity contribution is 5.98. The highest BCUT2D eigenvalue weighted by Crippen LogP contribution is 2.43. The zero-order valence-corrected chi connectivity index (χ0v) is 35.0. The van der Waals surface area contributed by atoms with Crippen LogP contribution in [0.2, 0.25) is 0 Å². The predicted molar refractivity (Wildman–Crippen MR) is 213 cm³/mol. The fourth-order valence-electron chi connectivity index (χ4n) is 5.97. The number of hydrogen-bond donors (Lipinski definition) is 0. The maximum Gasteiger partial charge on any atom is 0.200 e. The molecule has 4 nitrogen and oxygen atoms in total. The molecule has 280 valence electrons. The van der Waals surface area contributed by atoms with Gasteiger partial charge in [0.2, 0.25) is 5.78 Å². The van der Waals surface area contributed by atoms with Gasteiger partial charge in [0, 0.05) is 29.2 Å². The Bertz CT molecular complexity index is 1090. The van der Waals surface area contributed by atoms with Gasteiger partial charge in [-0.3, -0.25) is 4.79 Å². The van der Waals surface area contributed by atoms with Gasteiger partial charge in [-0.25, -0.2) is 4.98 Å². The molecule has 2 aliphatic rings. The third-order valence-corrected chi connectivity index (χ3v) is 9.23. The van der Waals surface area contributed by atoms with E-state index >= 15 is 0 Å². The van der Waals surface area contributed by atoms with Crippen LogP contribution in [0.25, 0.3) is 11.1 Å². The highest BCUT2D eigenvalue weighted by atomic mass is 16.3. The molecule has 0 atom stereocenters. The number of rotatable bonds is 5. The third kappa shape index (κ3) is 19.3. The summed E-state index contributed by atoms with van der Waals surface area (Å²) >= 11 is 0. The first-order valence-corrected chi connectivity index (χ1v) is 19.6. The highest BCUT2D eigenvalue weighted by Gasteiger charge is 2.31. The molecule has 0 amide bonds. The Morgan fingerprint density at radius 1 is 0.875 bits per heavy atom. The molecule has 0 saturated heterocycles. The number of furan rings is 1. The van der Waals surface area contributed by atoms with Gasteiger partial charge in [0.25, 0.3) is 0 Å². The van der Waals surface area contributed by atoms with E-state index in [9.17, 15) is 4.79 Å². The summed E-state index contributed by atoms with van der Waals surface area (Å²) in [5.74, 6) is 1.95. The number of ketones is 1. The van der Waals surface area contributed by atoms with Crippen LogP contribution in [0, 0.1) is 22.7 Å². The monoisotopic (exact) mass is 672 g/mol. The largest absolute Gasteiger partial charge is 0.451 e. The van der Waals surface area contributed by atoms with Gasteiger partial charge >= 0.3 is 0 Å². The topological polar surface area (TPSA) is 60.2 Å². The summed E-state index contributed by atoms with van der Waals surface area (Å²) in [6.45, 7) is 36.9. The van der Waals surface area contributed by atoms with Gasteiger partial charge in [-0.05, 0) is 60.3 Å². The first-order valence-electron chi connectivity index (χ1n) is 19.6. The number of unbranched alkanes of at least 4 members (excludes halogenated alkanes) is 1. The van der Waals surface area contributed by atoms with E-state index in [1.165, 1.54) is 89.2 Å². The van der Waals surface area contributed by atoms with E-state index in [1.54, 1.807) is 0 Å². The van der Waals surface area contributed by atoms with Crippen LogP contribution >= 0.6 is 0 Å². The van der Waals surface area contributed by atoms with Crippen molar-refractivity contribution < 1.29 is 14.0 Å². The average molecular weight is 672 g/mol. The van der Waals surface area contributed by atoms with Crippen molar-refractivity contribution in [1.29, 1.82) is 0 Å².